The van der Waals surface area contributed by atoms with Gasteiger partial charge in [0.2, 0.25) is 0 Å². The van der Waals surface area contributed by atoms with E-state index < -0.39 is 0 Å². The van der Waals surface area contributed by atoms with Crippen LogP contribution in [0.2, 0.25) is 0 Å². The SMILES string of the molecule is CCC(C)(CC)c1cc(-c2[c-]c3ccccc3c(C(C)(C)C)c2)nc2cc(C)cc(C)c12.CCC(CC)C(=O)/C=C(\O)C(CC)CC.[Ir]. The third kappa shape index (κ3) is 9.45. The minimum atomic E-state index is 0. The monoisotopic (exact) mass is 827 g/mol. The van der Waals surface area contributed by atoms with Gasteiger partial charge in [0.05, 0.1) is 11.3 Å². The number of fused-ring (bicyclic) bond motifs is 2. The molecule has 263 valence electrons. The summed E-state index contributed by atoms with van der Waals surface area (Å²) < 4.78 is 0. The van der Waals surface area contributed by atoms with Crippen LogP contribution in [0.25, 0.3) is 32.9 Å². The Morgan fingerprint density at radius 2 is 1.42 bits per heavy atom. The molecule has 1 N–H and O–H groups in total. The zero-order valence-corrected chi connectivity index (χ0v) is 34.1. The van der Waals surface area contributed by atoms with Crippen molar-refractivity contribution in [2.24, 2.45) is 11.8 Å². The number of aryl methyl sites for hydroxylation is 2. The molecule has 48 heavy (non-hydrogen) atoms. The van der Waals surface area contributed by atoms with Crippen LogP contribution in [0.3, 0.4) is 0 Å². The van der Waals surface area contributed by atoms with Crippen molar-refractivity contribution in [3.63, 3.8) is 0 Å². The van der Waals surface area contributed by atoms with E-state index in [2.05, 4.69) is 110 Å². The molecule has 0 aliphatic rings. The number of pyridine rings is 1. The fourth-order valence-corrected chi connectivity index (χ4v) is 6.77. The Morgan fingerprint density at radius 3 is 1.96 bits per heavy atom. The Kier molecular flexibility index (Phi) is 15.3. The average Bonchev–Trinajstić information content (AvgIpc) is 3.04. The fourth-order valence-electron chi connectivity index (χ4n) is 6.77. The molecule has 3 aromatic carbocycles. The number of carbonyl (C=O) groups is 1. The maximum absolute atomic E-state index is 11.7. The van der Waals surface area contributed by atoms with Crippen LogP contribution in [-0.2, 0) is 35.7 Å². The van der Waals surface area contributed by atoms with Gasteiger partial charge in [0.1, 0.15) is 0 Å². The van der Waals surface area contributed by atoms with Gasteiger partial charge in [0.25, 0.3) is 0 Å². The predicted molar refractivity (Wildman–Crippen MR) is 203 cm³/mol. The summed E-state index contributed by atoms with van der Waals surface area (Å²) in [5.74, 6) is 0.547. The van der Waals surface area contributed by atoms with Gasteiger partial charge in [0, 0.05) is 49.1 Å². The number of aliphatic hydroxyl groups excluding tert-OH is 1. The third-order valence-electron chi connectivity index (χ3n) is 10.4. The molecule has 0 unspecified atom stereocenters. The summed E-state index contributed by atoms with van der Waals surface area (Å²) in [6.45, 7) is 26.3. The molecule has 0 bridgehead atoms. The number of ketones is 1. The number of aliphatic hydroxyl groups is 1. The van der Waals surface area contributed by atoms with Crippen molar-refractivity contribution in [3.05, 3.63) is 88.7 Å². The quantitative estimate of drug-likeness (QED) is 0.0931. The molecule has 0 fully saturated rings. The first-order valence-electron chi connectivity index (χ1n) is 18.0. The molecule has 0 atom stereocenters. The first-order valence-corrected chi connectivity index (χ1v) is 18.0. The first kappa shape index (κ1) is 41.4. The van der Waals surface area contributed by atoms with Crippen LogP contribution in [-0.4, -0.2) is 15.9 Å². The van der Waals surface area contributed by atoms with Crippen LogP contribution in [0.5, 0.6) is 0 Å². The minimum absolute atomic E-state index is 0. The number of nitrogens with zero attached hydrogens (tertiary/aromatic N) is 1. The van der Waals surface area contributed by atoms with Crippen molar-refractivity contribution in [2.75, 3.05) is 0 Å². The van der Waals surface area contributed by atoms with Crippen molar-refractivity contribution in [1.82, 2.24) is 4.98 Å². The second-order valence-corrected chi connectivity index (χ2v) is 14.7. The maximum Gasteiger partial charge on any atom is 0.162 e. The smallest absolute Gasteiger partial charge is 0.162 e. The van der Waals surface area contributed by atoms with Gasteiger partial charge in [-0.2, -0.15) is 0 Å². The maximum atomic E-state index is 11.7. The zero-order chi connectivity index (χ0) is 35.1. The molecular formula is C44H60IrNO2-. The second-order valence-electron chi connectivity index (χ2n) is 14.7. The number of rotatable bonds is 11. The van der Waals surface area contributed by atoms with Crippen molar-refractivity contribution < 1.29 is 30.0 Å². The molecule has 1 heterocycles. The van der Waals surface area contributed by atoms with Crippen LogP contribution >= 0.6 is 0 Å². The Hall–Kier alpha value is -2.81. The van der Waals surface area contributed by atoms with Crippen LogP contribution in [0.4, 0.5) is 0 Å². The third-order valence-corrected chi connectivity index (χ3v) is 10.4. The average molecular weight is 827 g/mol. The van der Waals surface area contributed by atoms with E-state index in [1.807, 2.05) is 27.7 Å². The largest absolute Gasteiger partial charge is 0.512 e. The van der Waals surface area contributed by atoms with E-state index in [1.54, 1.807) is 0 Å². The minimum Gasteiger partial charge on any atom is -0.512 e. The van der Waals surface area contributed by atoms with Crippen molar-refractivity contribution >= 4 is 27.5 Å². The van der Waals surface area contributed by atoms with E-state index >= 15 is 0 Å². The summed E-state index contributed by atoms with van der Waals surface area (Å²) in [7, 11) is 0. The summed E-state index contributed by atoms with van der Waals surface area (Å²) in [6.07, 6.45) is 7.11. The molecule has 0 aliphatic carbocycles. The summed E-state index contributed by atoms with van der Waals surface area (Å²) in [5.41, 5.74) is 8.71. The van der Waals surface area contributed by atoms with Crippen LogP contribution < -0.4 is 0 Å². The molecule has 4 aromatic rings. The molecule has 4 rings (SSSR count). The first-order chi connectivity index (χ1) is 22.2. The topological polar surface area (TPSA) is 50.2 Å². The Balaban J connectivity index is 0.000000427. The molecule has 4 heteroatoms. The van der Waals surface area contributed by atoms with Crippen molar-refractivity contribution in [1.29, 1.82) is 0 Å². The Bertz CT molecular complexity index is 1700. The number of benzene rings is 3. The van der Waals surface area contributed by atoms with Crippen molar-refractivity contribution in [3.8, 4) is 11.3 Å². The standard InChI is InChI=1S/C31H36N.C13H24O2.Ir/c1-9-31(8,10-2)26-19-27(32-28-16-20(3)15-21(4)29(26)28)23-17-22-13-11-12-14-24(22)25(18-23)30(5,6)7;1-5-10(6-2)12(14)9-13(15)11(7-3)8-4;/h11-16,18-19H,9-10H2,1-8H3;9-11,14H,5-8H2,1-4H3;/q-1;;/b;12-9-;. The van der Waals surface area contributed by atoms with Crippen LogP contribution in [0.15, 0.2) is 60.4 Å². The van der Waals surface area contributed by atoms with Gasteiger partial charge in [0.15, 0.2) is 5.78 Å². The molecule has 0 saturated carbocycles. The zero-order valence-electron chi connectivity index (χ0n) is 31.7. The van der Waals surface area contributed by atoms with Gasteiger partial charge in [-0.15, -0.1) is 29.1 Å². The number of carbonyl (C=O) groups excluding carboxylic acids is 1. The fraction of sp³-hybridized carbons (Fsp3) is 0.500. The second kappa shape index (κ2) is 17.7. The Morgan fingerprint density at radius 1 is 0.833 bits per heavy atom. The van der Waals surface area contributed by atoms with E-state index in [0.29, 0.717) is 0 Å². The van der Waals surface area contributed by atoms with E-state index in [-0.39, 0.29) is 54.3 Å². The van der Waals surface area contributed by atoms with E-state index in [9.17, 15) is 9.90 Å². The number of hydrogen-bond acceptors (Lipinski definition) is 3. The van der Waals surface area contributed by atoms with E-state index in [4.69, 9.17) is 4.98 Å². The Labute approximate surface area is 305 Å². The van der Waals surface area contributed by atoms with Gasteiger partial charge in [-0.3, -0.25) is 9.78 Å². The van der Waals surface area contributed by atoms with Gasteiger partial charge in [-0.05, 0) is 86.0 Å². The van der Waals surface area contributed by atoms with Gasteiger partial charge >= 0.3 is 0 Å². The molecule has 0 aliphatic heterocycles. The molecule has 0 amide bonds. The van der Waals surface area contributed by atoms with Gasteiger partial charge in [-0.1, -0.05) is 111 Å². The van der Waals surface area contributed by atoms with Crippen LogP contribution in [0.1, 0.15) is 130 Å². The van der Waals surface area contributed by atoms with E-state index in [1.165, 1.54) is 39.1 Å². The van der Waals surface area contributed by atoms with Crippen molar-refractivity contribution in [2.45, 2.75) is 132 Å². The molecule has 0 saturated heterocycles. The number of allylic oxidation sites excluding steroid dienone is 2. The molecule has 1 radical (unpaired) electrons. The predicted octanol–water partition coefficient (Wildman–Crippen LogP) is 12.7. The molecular weight excluding hydrogens is 767 g/mol. The number of aromatic nitrogens is 1. The van der Waals surface area contributed by atoms with Gasteiger partial charge in [-0.25, -0.2) is 0 Å². The van der Waals surface area contributed by atoms with E-state index in [0.717, 1.165) is 60.7 Å². The van der Waals surface area contributed by atoms with Crippen LogP contribution in [0, 0.1) is 31.7 Å². The summed E-state index contributed by atoms with van der Waals surface area (Å²) in [6, 6.07) is 21.5. The summed E-state index contributed by atoms with van der Waals surface area (Å²) >= 11 is 0. The van der Waals surface area contributed by atoms with Gasteiger partial charge < -0.3 is 5.11 Å². The molecule has 0 spiro atoms. The normalized spacial score (nSPS) is 12.3. The summed E-state index contributed by atoms with van der Waals surface area (Å²) in [4.78, 5) is 16.9. The number of hydrogen-bond donors (Lipinski definition) is 1. The molecule has 3 nitrogen and oxygen atoms in total. The summed E-state index contributed by atoms with van der Waals surface area (Å²) in [5, 5.41) is 13.5. The molecule has 1 aromatic heterocycles.